The van der Waals surface area contributed by atoms with Crippen LogP contribution in [0.3, 0.4) is 0 Å². The molecule has 2 aromatic carbocycles. The lowest BCUT2D eigenvalue weighted by Crippen LogP contribution is -2.65. The van der Waals surface area contributed by atoms with Gasteiger partial charge in [-0.25, -0.2) is 0 Å². The fraction of sp³-hybridized carbons (Fsp3) is 0.364. The number of nitrogens with one attached hydrogen (secondary N) is 2. The van der Waals surface area contributed by atoms with Gasteiger partial charge in [0, 0.05) is 25.1 Å². The van der Waals surface area contributed by atoms with Crippen molar-refractivity contribution in [1.29, 1.82) is 0 Å². The molecule has 166 valence electrons. The van der Waals surface area contributed by atoms with Crippen LogP contribution in [-0.2, 0) is 14.3 Å². The molecule has 1 saturated heterocycles. The maximum Gasteiger partial charge on any atom is 0.223 e. The molecule has 0 saturated carbocycles. The third-order valence-corrected chi connectivity index (χ3v) is 4.87. The van der Waals surface area contributed by atoms with Crippen LogP contribution in [0.5, 0.6) is 5.75 Å². The molecule has 0 aromatic heterocycles. The minimum Gasteiger partial charge on any atom is -0.462 e. The van der Waals surface area contributed by atoms with Crippen molar-refractivity contribution in [3.63, 3.8) is 0 Å². The minimum absolute atomic E-state index is 0.196. The van der Waals surface area contributed by atoms with Gasteiger partial charge in [-0.3, -0.25) is 9.59 Å². The highest BCUT2D eigenvalue weighted by Gasteiger charge is 2.46. The summed E-state index contributed by atoms with van der Waals surface area (Å²) in [6, 6.07) is 13.2. The second-order valence-electron chi connectivity index (χ2n) is 7.31. The number of aliphatic hydroxyl groups is 3. The average molecular weight is 430 g/mol. The summed E-state index contributed by atoms with van der Waals surface area (Å²) >= 11 is 0. The first-order chi connectivity index (χ1) is 14.8. The van der Waals surface area contributed by atoms with Gasteiger partial charge in [0.15, 0.2) is 0 Å². The first-order valence-electron chi connectivity index (χ1n) is 9.83. The van der Waals surface area contributed by atoms with Crippen molar-refractivity contribution in [1.82, 2.24) is 5.32 Å². The van der Waals surface area contributed by atoms with Crippen molar-refractivity contribution < 1.29 is 34.4 Å². The van der Waals surface area contributed by atoms with Gasteiger partial charge in [0.25, 0.3) is 0 Å². The highest BCUT2D eigenvalue weighted by molar-refractivity contribution is 5.89. The number of rotatable bonds is 6. The van der Waals surface area contributed by atoms with E-state index in [0.717, 1.165) is 5.56 Å². The van der Waals surface area contributed by atoms with E-state index in [2.05, 4.69) is 10.6 Å². The summed E-state index contributed by atoms with van der Waals surface area (Å²) in [4.78, 5) is 23.0. The zero-order chi connectivity index (χ0) is 22.5. The normalized spacial score (nSPS) is 25.5. The molecule has 0 bridgehead atoms. The lowest BCUT2D eigenvalue weighted by molar-refractivity contribution is -0.244. The fourth-order valence-corrected chi connectivity index (χ4v) is 3.47. The Balaban J connectivity index is 1.93. The van der Waals surface area contributed by atoms with Crippen LogP contribution in [0.25, 0.3) is 11.1 Å². The van der Waals surface area contributed by atoms with E-state index >= 15 is 0 Å². The monoisotopic (exact) mass is 430 g/mol. The number of carbonyl (C=O) groups is 2. The molecule has 0 radical (unpaired) electrons. The minimum atomic E-state index is -1.41. The number of hydrogen-bond acceptors (Lipinski definition) is 7. The molecule has 1 fully saturated rings. The first kappa shape index (κ1) is 22.7. The molecule has 5 N–H and O–H groups in total. The van der Waals surface area contributed by atoms with Gasteiger partial charge in [-0.15, -0.1) is 0 Å². The maximum absolute atomic E-state index is 11.6. The molecule has 31 heavy (non-hydrogen) atoms. The van der Waals surface area contributed by atoms with Gasteiger partial charge < -0.3 is 35.4 Å². The van der Waals surface area contributed by atoms with Crippen LogP contribution < -0.4 is 15.4 Å². The zero-order valence-electron chi connectivity index (χ0n) is 17.2. The Kier molecular flexibility index (Phi) is 7.24. The number of benzene rings is 2. The number of ether oxygens (including phenoxy) is 2. The van der Waals surface area contributed by atoms with E-state index in [9.17, 15) is 24.9 Å². The second kappa shape index (κ2) is 9.88. The summed E-state index contributed by atoms with van der Waals surface area (Å²) in [6.45, 7) is 2.16. The van der Waals surface area contributed by atoms with Crippen molar-refractivity contribution in [3.8, 4) is 16.9 Å². The average Bonchev–Trinajstić information content (AvgIpc) is 2.73. The van der Waals surface area contributed by atoms with Crippen molar-refractivity contribution in [3.05, 3.63) is 48.5 Å². The van der Waals surface area contributed by atoms with Crippen molar-refractivity contribution >= 4 is 17.5 Å². The molecular weight excluding hydrogens is 404 g/mol. The molecule has 1 aliphatic heterocycles. The van der Waals surface area contributed by atoms with Gasteiger partial charge >= 0.3 is 0 Å². The molecule has 9 heteroatoms. The standard InChI is InChI=1S/C22H26N2O7/c1-12(26)23-15-7-5-6-14(10-15)16-8-3-4-9-17(16)30-22-19(24-13(2)27)21(29)20(28)18(11-25)31-22/h3-10,18-22,25,28-29H,11H2,1-2H3,(H,23,26)(H,24,27)/t18-,19-,20+,21-,22-/m1/s1. The molecule has 1 heterocycles. The molecule has 3 rings (SSSR count). The fourth-order valence-electron chi connectivity index (χ4n) is 3.47. The van der Waals surface area contributed by atoms with Crippen LogP contribution in [0, 0.1) is 0 Å². The smallest absolute Gasteiger partial charge is 0.223 e. The summed E-state index contributed by atoms with van der Waals surface area (Å²) < 4.78 is 11.7. The van der Waals surface area contributed by atoms with E-state index < -0.39 is 43.2 Å². The Morgan fingerprint density at radius 1 is 1.03 bits per heavy atom. The molecule has 0 spiro atoms. The van der Waals surface area contributed by atoms with E-state index in [1.165, 1.54) is 13.8 Å². The summed E-state index contributed by atoms with van der Waals surface area (Å²) in [5.41, 5.74) is 2.05. The lowest BCUT2D eigenvalue weighted by Gasteiger charge is -2.42. The molecule has 9 nitrogen and oxygen atoms in total. The Morgan fingerprint density at radius 3 is 2.45 bits per heavy atom. The van der Waals surface area contributed by atoms with Crippen LogP contribution in [0.2, 0.25) is 0 Å². The predicted molar refractivity (Wildman–Crippen MR) is 112 cm³/mol. The van der Waals surface area contributed by atoms with E-state index in [-0.39, 0.29) is 5.91 Å². The molecule has 0 unspecified atom stereocenters. The first-order valence-corrected chi connectivity index (χ1v) is 9.83. The Labute approximate surface area is 179 Å². The summed E-state index contributed by atoms with van der Waals surface area (Å²) in [5, 5.41) is 35.4. The SMILES string of the molecule is CC(=O)Nc1cccc(-c2ccccc2O[C@@H]2O[C@H](CO)[C@H](O)[C@H](O)[C@H]2NC(C)=O)c1. The van der Waals surface area contributed by atoms with Crippen LogP contribution in [0.1, 0.15) is 13.8 Å². The number of hydrogen-bond donors (Lipinski definition) is 5. The van der Waals surface area contributed by atoms with Crippen molar-refractivity contribution in [2.24, 2.45) is 0 Å². The molecule has 5 atom stereocenters. The molecule has 0 aliphatic carbocycles. The van der Waals surface area contributed by atoms with Gasteiger partial charge in [-0.2, -0.15) is 0 Å². The third kappa shape index (κ3) is 5.39. The molecule has 1 aliphatic rings. The van der Waals surface area contributed by atoms with Gasteiger partial charge in [0.2, 0.25) is 18.1 Å². The largest absolute Gasteiger partial charge is 0.462 e. The van der Waals surface area contributed by atoms with Gasteiger partial charge in [-0.1, -0.05) is 30.3 Å². The number of carbonyl (C=O) groups excluding carboxylic acids is 2. The van der Waals surface area contributed by atoms with E-state index in [1.54, 1.807) is 30.3 Å². The van der Waals surface area contributed by atoms with Crippen LogP contribution in [0.4, 0.5) is 5.69 Å². The van der Waals surface area contributed by atoms with Gasteiger partial charge in [0.05, 0.1) is 6.61 Å². The van der Waals surface area contributed by atoms with Crippen molar-refractivity contribution in [2.75, 3.05) is 11.9 Å². The van der Waals surface area contributed by atoms with Gasteiger partial charge in [-0.05, 0) is 23.8 Å². The lowest BCUT2D eigenvalue weighted by atomic mass is 9.96. The van der Waals surface area contributed by atoms with E-state index in [0.29, 0.717) is 17.0 Å². The molecule has 2 amide bonds. The highest BCUT2D eigenvalue weighted by atomic mass is 16.7. The van der Waals surface area contributed by atoms with Gasteiger partial charge in [0.1, 0.15) is 30.1 Å². The van der Waals surface area contributed by atoms with E-state index in [1.807, 2.05) is 18.2 Å². The second-order valence-corrected chi connectivity index (χ2v) is 7.31. The quantitative estimate of drug-likeness (QED) is 0.453. The number of aliphatic hydroxyl groups excluding tert-OH is 3. The van der Waals surface area contributed by atoms with E-state index in [4.69, 9.17) is 9.47 Å². The number of amides is 2. The number of anilines is 1. The summed E-state index contributed by atoms with van der Waals surface area (Å²) in [7, 11) is 0. The topological polar surface area (TPSA) is 137 Å². The van der Waals surface area contributed by atoms with Crippen LogP contribution in [0.15, 0.2) is 48.5 Å². The Bertz CT molecular complexity index is 936. The third-order valence-electron chi connectivity index (χ3n) is 4.87. The molecule has 2 aromatic rings. The van der Waals surface area contributed by atoms with Crippen LogP contribution in [-0.4, -0.2) is 64.4 Å². The molecular formula is C22H26N2O7. The summed E-state index contributed by atoms with van der Waals surface area (Å²) in [6.07, 6.45) is -5.05. The zero-order valence-corrected chi connectivity index (χ0v) is 17.2. The maximum atomic E-state index is 11.6. The Hall–Kier alpha value is -2.98. The summed E-state index contributed by atoms with van der Waals surface area (Å²) in [5.74, 6) is -0.242. The number of para-hydroxylation sites is 1. The predicted octanol–water partition coefficient (Wildman–Crippen LogP) is 0.634. The van der Waals surface area contributed by atoms with Crippen LogP contribution >= 0.6 is 0 Å². The highest BCUT2D eigenvalue weighted by Crippen LogP contribution is 2.34. The van der Waals surface area contributed by atoms with Crippen molar-refractivity contribution in [2.45, 2.75) is 44.5 Å². The Morgan fingerprint density at radius 2 is 1.77 bits per heavy atom.